The summed E-state index contributed by atoms with van der Waals surface area (Å²) in [6, 6.07) is 3.90. The fourth-order valence-electron chi connectivity index (χ4n) is 1.89. The van der Waals surface area contributed by atoms with E-state index in [1.165, 1.54) is 0 Å². The second kappa shape index (κ2) is 5.21. The minimum atomic E-state index is 0.572. The van der Waals surface area contributed by atoms with Gasteiger partial charge in [-0.25, -0.2) is 9.97 Å². The highest BCUT2D eigenvalue weighted by molar-refractivity contribution is 5.59. The first-order chi connectivity index (χ1) is 8.60. The summed E-state index contributed by atoms with van der Waals surface area (Å²) in [6.07, 6.45) is 2.61. The maximum Gasteiger partial charge on any atom is 0.165 e. The summed E-state index contributed by atoms with van der Waals surface area (Å²) in [5.74, 6) is 2.99. The topological polar surface area (TPSA) is 51.0 Å². The molecule has 0 aliphatic carbocycles. The fraction of sp³-hybridized carbons (Fsp3) is 0.429. The lowest BCUT2D eigenvalue weighted by molar-refractivity contribution is 0.535. The molecule has 2 rings (SSSR count). The van der Waals surface area contributed by atoms with Crippen molar-refractivity contribution in [1.29, 1.82) is 0 Å². The third-order valence-corrected chi connectivity index (χ3v) is 2.75. The largest absolute Gasteiger partial charge is 0.469 e. The van der Waals surface area contributed by atoms with Crippen molar-refractivity contribution in [2.24, 2.45) is 5.92 Å². The van der Waals surface area contributed by atoms with Crippen molar-refractivity contribution < 1.29 is 4.42 Å². The van der Waals surface area contributed by atoms with Gasteiger partial charge in [-0.15, -0.1) is 0 Å². The predicted octanol–water partition coefficient (Wildman–Crippen LogP) is 3.29. The number of nitrogens with zero attached hydrogens (tertiary/aromatic N) is 2. The van der Waals surface area contributed by atoms with E-state index in [-0.39, 0.29) is 0 Å². The van der Waals surface area contributed by atoms with Crippen molar-refractivity contribution in [3.8, 4) is 11.4 Å². The molecule has 0 aliphatic heterocycles. The Hall–Kier alpha value is -1.84. The number of anilines is 1. The van der Waals surface area contributed by atoms with E-state index in [4.69, 9.17) is 4.42 Å². The highest BCUT2D eigenvalue weighted by Crippen LogP contribution is 2.23. The lowest BCUT2D eigenvalue weighted by Crippen LogP contribution is -2.03. The molecule has 0 aliphatic rings. The molecule has 0 amide bonds. The van der Waals surface area contributed by atoms with Crippen LogP contribution in [0.1, 0.15) is 25.3 Å². The van der Waals surface area contributed by atoms with Crippen LogP contribution in [0.4, 0.5) is 5.82 Å². The number of rotatable bonds is 4. The summed E-state index contributed by atoms with van der Waals surface area (Å²) in [4.78, 5) is 9.09. The second-order valence-corrected chi connectivity index (χ2v) is 4.81. The Bertz CT molecular complexity index is 532. The third kappa shape index (κ3) is 2.70. The van der Waals surface area contributed by atoms with Gasteiger partial charge in [-0.05, 0) is 25.3 Å². The molecule has 96 valence electrons. The van der Waals surface area contributed by atoms with Gasteiger partial charge in [-0.2, -0.15) is 0 Å². The molecule has 2 heterocycles. The van der Waals surface area contributed by atoms with E-state index in [1.807, 2.05) is 26.1 Å². The Morgan fingerprint density at radius 2 is 2.11 bits per heavy atom. The van der Waals surface area contributed by atoms with Crippen LogP contribution in [0, 0.1) is 12.8 Å². The molecule has 0 atom stereocenters. The van der Waals surface area contributed by atoms with Crippen LogP contribution in [-0.2, 0) is 6.42 Å². The molecule has 4 nitrogen and oxygen atoms in total. The summed E-state index contributed by atoms with van der Waals surface area (Å²) < 4.78 is 5.31. The van der Waals surface area contributed by atoms with Crippen LogP contribution in [0.25, 0.3) is 11.4 Å². The minimum absolute atomic E-state index is 0.572. The van der Waals surface area contributed by atoms with E-state index in [0.29, 0.717) is 5.92 Å². The molecule has 0 bridgehead atoms. The molecule has 2 aromatic rings. The van der Waals surface area contributed by atoms with Crippen molar-refractivity contribution in [1.82, 2.24) is 9.97 Å². The van der Waals surface area contributed by atoms with Gasteiger partial charge in [-0.1, -0.05) is 13.8 Å². The fourth-order valence-corrected chi connectivity index (χ4v) is 1.89. The van der Waals surface area contributed by atoms with Crippen LogP contribution in [0.5, 0.6) is 0 Å². The average molecular weight is 245 g/mol. The highest BCUT2D eigenvalue weighted by Gasteiger charge is 2.11. The molecule has 18 heavy (non-hydrogen) atoms. The maximum absolute atomic E-state index is 5.31. The Balaban J connectivity index is 2.44. The molecule has 0 radical (unpaired) electrons. The van der Waals surface area contributed by atoms with Crippen molar-refractivity contribution in [3.63, 3.8) is 0 Å². The molecular weight excluding hydrogens is 226 g/mol. The Labute approximate surface area is 107 Å². The molecular formula is C14H19N3O. The summed E-state index contributed by atoms with van der Waals surface area (Å²) in [5.41, 5.74) is 2.01. The maximum atomic E-state index is 5.31. The number of hydrogen-bond acceptors (Lipinski definition) is 4. The molecule has 1 N–H and O–H groups in total. The molecule has 0 saturated carbocycles. The van der Waals surface area contributed by atoms with E-state index in [2.05, 4.69) is 29.1 Å². The summed E-state index contributed by atoms with van der Waals surface area (Å²) in [6.45, 7) is 6.29. The summed E-state index contributed by atoms with van der Waals surface area (Å²) in [7, 11) is 1.87. The summed E-state index contributed by atoms with van der Waals surface area (Å²) >= 11 is 0. The first kappa shape index (κ1) is 12.6. The van der Waals surface area contributed by atoms with E-state index in [9.17, 15) is 0 Å². The standard InChI is InChI=1S/C14H19N3O/c1-9(2)7-11-8-13(15-4)17-14(16-11)12-5-6-18-10(12)3/h5-6,8-9H,7H2,1-4H3,(H,15,16,17). The summed E-state index contributed by atoms with van der Waals surface area (Å²) in [5, 5.41) is 3.08. The van der Waals surface area contributed by atoms with E-state index in [0.717, 1.165) is 35.1 Å². The normalized spacial score (nSPS) is 10.9. The molecule has 2 aromatic heterocycles. The zero-order valence-corrected chi connectivity index (χ0v) is 11.3. The van der Waals surface area contributed by atoms with Crippen molar-refractivity contribution in [2.75, 3.05) is 12.4 Å². The smallest absolute Gasteiger partial charge is 0.165 e. The van der Waals surface area contributed by atoms with Gasteiger partial charge in [0.15, 0.2) is 5.82 Å². The molecule has 4 heteroatoms. The van der Waals surface area contributed by atoms with Crippen LogP contribution in [0.3, 0.4) is 0 Å². The van der Waals surface area contributed by atoms with Crippen molar-refractivity contribution >= 4 is 5.82 Å². The second-order valence-electron chi connectivity index (χ2n) is 4.81. The number of nitrogens with one attached hydrogen (secondary N) is 1. The number of aromatic nitrogens is 2. The van der Waals surface area contributed by atoms with Gasteiger partial charge in [0.05, 0.1) is 11.8 Å². The van der Waals surface area contributed by atoms with E-state index in [1.54, 1.807) is 6.26 Å². The van der Waals surface area contributed by atoms with Crippen LogP contribution in [0.2, 0.25) is 0 Å². The van der Waals surface area contributed by atoms with Crippen LogP contribution in [0.15, 0.2) is 22.8 Å². The zero-order valence-electron chi connectivity index (χ0n) is 11.3. The quantitative estimate of drug-likeness (QED) is 0.898. The van der Waals surface area contributed by atoms with Gasteiger partial charge in [0.1, 0.15) is 11.6 Å². The lowest BCUT2D eigenvalue weighted by atomic mass is 10.1. The molecule has 0 spiro atoms. The van der Waals surface area contributed by atoms with Crippen LogP contribution in [-0.4, -0.2) is 17.0 Å². The molecule has 0 aromatic carbocycles. The first-order valence-electron chi connectivity index (χ1n) is 6.20. The Morgan fingerprint density at radius 1 is 1.33 bits per heavy atom. The van der Waals surface area contributed by atoms with Gasteiger partial charge in [0.2, 0.25) is 0 Å². The number of aryl methyl sites for hydroxylation is 1. The van der Waals surface area contributed by atoms with Crippen molar-refractivity contribution in [2.45, 2.75) is 27.2 Å². The van der Waals surface area contributed by atoms with Gasteiger partial charge >= 0.3 is 0 Å². The Kier molecular flexibility index (Phi) is 3.65. The van der Waals surface area contributed by atoms with Gasteiger partial charge in [0.25, 0.3) is 0 Å². The van der Waals surface area contributed by atoms with Gasteiger partial charge < -0.3 is 9.73 Å². The minimum Gasteiger partial charge on any atom is -0.469 e. The van der Waals surface area contributed by atoms with Gasteiger partial charge in [-0.3, -0.25) is 0 Å². The Morgan fingerprint density at radius 3 is 2.67 bits per heavy atom. The SMILES string of the molecule is CNc1cc(CC(C)C)nc(-c2ccoc2C)n1. The highest BCUT2D eigenvalue weighted by atomic mass is 16.3. The molecule has 0 fully saturated rings. The predicted molar refractivity (Wildman–Crippen MR) is 72.6 cm³/mol. The average Bonchev–Trinajstić information content (AvgIpc) is 2.74. The van der Waals surface area contributed by atoms with E-state index >= 15 is 0 Å². The third-order valence-electron chi connectivity index (χ3n) is 2.75. The van der Waals surface area contributed by atoms with E-state index < -0.39 is 0 Å². The van der Waals surface area contributed by atoms with Crippen molar-refractivity contribution in [3.05, 3.63) is 29.9 Å². The molecule has 0 unspecified atom stereocenters. The first-order valence-corrected chi connectivity index (χ1v) is 6.20. The number of furan rings is 1. The van der Waals surface area contributed by atoms with Crippen LogP contribution >= 0.6 is 0 Å². The zero-order chi connectivity index (χ0) is 13.1. The van der Waals surface area contributed by atoms with Crippen LogP contribution < -0.4 is 5.32 Å². The molecule has 0 saturated heterocycles. The lowest BCUT2D eigenvalue weighted by Gasteiger charge is -2.09. The monoisotopic (exact) mass is 245 g/mol. The number of hydrogen-bond donors (Lipinski definition) is 1. The van der Waals surface area contributed by atoms with Gasteiger partial charge in [0, 0.05) is 18.8 Å².